The van der Waals surface area contributed by atoms with Crippen molar-refractivity contribution in [2.45, 2.75) is 62.7 Å². The fraction of sp³-hybridized carbons (Fsp3) is 0.481. The minimum atomic E-state index is -3.00. The van der Waals surface area contributed by atoms with Gasteiger partial charge >= 0.3 is 0 Å². The van der Waals surface area contributed by atoms with Crippen LogP contribution in [-0.2, 0) is 32.9 Å². The van der Waals surface area contributed by atoms with Gasteiger partial charge in [-0.05, 0) is 36.7 Å². The van der Waals surface area contributed by atoms with Crippen LogP contribution in [0.15, 0.2) is 42.5 Å². The highest BCUT2D eigenvalue weighted by Crippen LogP contribution is 2.59. The van der Waals surface area contributed by atoms with E-state index in [0.29, 0.717) is 24.2 Å². The minimum Gasteiger partial charge on any atom is -0.432 e. The lowest BCUT2D eigenvalue weighted by Crippen LogP contribution is -2.48. The second-order valence-corrected chi connectivity index (χ2v) is 15.2. The quantitative estimate of drug-likeness (QED) is 0.339. The third kappa shape index (κ3) is 3.96. The number of carbonyl (C=O) groups excluding carboxylic acids is 2. The number of rotatable bonds is 5. The van der Waals surface area contributed by atoms with Gasteiger partial charge in [0.05, 0.1) is 35.8 Å². The van der Waals surface area contributed by atoms with Gasteiger partial charge in [0.15, 0.2) is 13.9 Å². The molecule has 1 saturated heterocycles. The summed E-state index contributed by atoms with van der Waals surface area (Å²) in [6, 6.07) is 11.7. The van der Waals surface area contributed by atoms with E-state index in [4.69, 9.17) is 4.74 Å². The number of hydrogen-bond acceptors (Lipinski definition) is 7. The first-order chi connectivity index (χ1) is 17.9. The molecule has 10 nitrogen and oxygen atoms in total. The van der Waals surface area contributed by atoms with Crippen LogP contribution < -0.4 is 4.90 Å². The maximum Gasteiger partial charge on any atom is 0.269 e. The van der Waals surface area contributed by atoms with E-state index in [0.717, 1.165) is 11.1 Å². The van der Waals surface area contributed by atoms with Crippen LogP contribution in [0.4, 0.5) is 11.4 Å². The highest BCUT2D eigenvalue weighted by Gasteiger charge is 2.66. The van der Waals surface area contributed by atoms with Gasteiger partial charge in [0.1, 0.15) is 0 Å². The number of amides is 2. The molecule has 11 heteroatoms. The van der Waals surface area contributed by atoms with Crippen LogP contribution in [0, 0.1) is 16.0 Å². The SMILES string of the molecule is C[C@@H]1[C@@H]([Si](C)(C)O)[C@H](CC(=O)N2Cc3ccccc3C[C@H]2CO)O[C@@]12C(=O)N(C)c1ccc([N+](=O)[O-])cc12. The number of nitro groups is 1. The molecular weight excluding hydrogens is 506 g/mol. The van der Waals surface area contributed by atoms with Crippen LogP contribution in [0.2, 0.25) is 18.6 Å². The van der Waals surface area contributed by atoms with Crippen LogP contribution >= 0.6 is 0 Å². The lowest BCUT2D eigenvalue weighted by molar-refractivity contribution is -0.385. The van der Waals surface area contributed by atoms with E-state index in [-0.39, 0.29) is 36.6 Å². The molecule has 0 bridgehead atoms. The predicted molar refractivity (Wildman–Crippen MR) is 142 cm³/mol. The van der Waals surface area contributed by atoms with E-state index in [9.17, 15) is 29.6 Å². The summed E-state index contributed by atoms with van der Waals surface area (Å²) in [4.78, 5) is 53.0. The van der Waals surface area contributed by atoms with E-state index in [1.807, 2.05) is 31.2 Å². The van der Waals surface area contributed by atoms with Gasteiger partial charge in [0.2, 0.25) is 5.91 Å². The van der Waals surface area contributed by atoms with Crippen molar-refractivity contribution in [3.63, 3.8) is 0 Å². The number of fused-ring (bicyclic) bond motifs is 3. The summed E-state index contributed by atoms with van der Waals surface area (Å²) < 4.78 is 6.56. The topological polar surface area (TPSA) is 133 Å². The molecular formula is C27H33N3O7Si. The maximum atomic E-state index is 13.8. The summed E-state index contributed by atoms with van der Waals surface area (Å²) in [5, 5.41) is 21.6. The molecule has 3 heterocycles. The van der Waals surface area contributed by atoms with Crippen molar-refractivity contribution in [1.29, 1.82) is 0 Å². The number of ether oxygens (including phenoxy) is 1. The minimum absolute atomic E-state index is 0.0757. The standard InChI is InChI=1S/C27H33N3O7Si/c1-16-25(38(3,4)36)23(13-24(32)29-14-18-8-6-5-7-17(18)11-20(29)15-31)37-27(16)21-12-19(30(34)35)9-10-22(21)28(2)26(27)33/h5-10,12,16,20,23,25,31,36H,11,13-15H2,1-4H3/t16-,20+,23+,25-,27+/m1/s1. The predicted octanol–water partition coefficient (Wildman–Crippen LogP) is 2.70. The molecule has 38 heavy (non-hydrogen) atoms. The Kier molecular flexibility index (Phi) is 6.45. The van der Waals surface area contributed by atoms with Crippen LogP contribution in [-0.4, -0.2) is 65.7 Å². The number of aliphatic hydroxyl groups is 1. The van der Waals surface area contributed by atoms with Crippen LogP contribution in [0.25, 0.3) is 0 Å². The Bertz CT molecular complexity index is 1310. The zero-order chi connectivity index (χ0) is 27.6. The molecule has 1 fully saturated rings. The normalized spacial score (nSPS) is 28.5. The van der Waals surface area contributed by atoms with Gasteiger partial charge in [0.25, 0.3) is 11.6 Å². The van der Waals surface area contributed by atoms with Gasteiger partial charge < -0.3 is 24.4 Å². The van der Waals surface area contributed by atoms with Crippen LogP contribution in [0.1, 0.15) is 30.0 Å². The third-order valence-electron chi connectivity index (χ3n) is 8.57. The zero-order valence-corrected chi connectivity index (χ0v) is 23.0. The van der Waals surface area contributed by atoms with Crippen molar-refractivity contribution in [3.8, 4) is 0 Å². The summed E-state index contributed by atoms with van der Waals surface area (Å²) in [6.45, 7) is 5.52. The Morgan fingerprint density at radius 3 is 2.55 bits per heavy atom. The number of nitro benzene ring substituents is 1. The molecule has 0 aromatic heterocycles. The number of nitrogens with zero attached hydrogens (tertiary/aromatic N) is 3. The lowest BCUT2D eigenvalue weighted by atomic mass is 9.82. The molecule has 2 aromatic carbocycles. The van der Waals surface area contributed by atoms with Gasteiger partial charge in [-0.2, -0.15) is 0 Å². The third-order valence-corrected chi connectivity index (χ3v) is 11.1. The smallest absolute Gasteiger partial charge is 0.269 e. The van der Waals surface area contributed by atoms with Gasteiger partial charge in [-0.25, -0.2) is 0 Å². The monoisotopic (exact) mass is 539 g/mol. The summed E-state index contributed by atoms with van der Waals surface area (Å²) in [5.74, 6) is -1.12. The molecule has 2 aromatic rings. The van der Waals surface area contributed by atoms with Gasteiger partial charge in [0, 0.05) is 42.7 Å². The first kappa shape index (κ1) is 26.5. The Balaban J connectivity index is 1.51. The van der Waals surface area contributed by atoms with Crippen molar-refractivity contribution in [1.82, 2.24) is 4.90 Å². The molecule has 3 aliphatic heterocycles. The van der Waals surface area contributed by atoms with Gasteiger partial charge in [-0.15, -0.1) is 0 Å². The van der Waals surface area contributed by atoms with Gasteiger partial charge in [-0.1, -0.05) is 31.2 Å². The second-order valence-electron chi connectivity index (χ2n) is 11.2. The number of benzene rings is 2. The summed E-state index contributed by atoms with van der Waals surface area (Å²) >= 11 is 0. The summed E-state index contributed by atoms with van der Waals surface area (Å²) in [5.41, 5.74) is 0.845. The molecule has 1 spiro atoms. The fourth-order valence-corrected chi connectivity index (χ4v) is 9.37. The van der Waals surface area contributed by atoms with Crippen molar-refractivity contribution in [3.05, 3.63) is 69.3 Å². The second kappa shape index (κ2) is 9.26. The highest BCUT2D eigenvalue weighted by atomic mass is 28.4. The molecule has 2 amide bonds. The summed E-state index contributed by atoms with van der Waals surface area (Å²) in [7, 11) is -1.40. The van der Waals surface area contributed by atoms with Crippen molar-refractivity contribution >= 4 is 31.5 Å². The van der Waals surface area contributed by atoms with Crippen LogP contribution in [0.5, 0.6) is 0 Å². The lowest BCUT2D eigenvalue weighted by Gasteiger charge is -2.37. The molecule has 5 atom stereocenters. The Labute approximate surface area is 222 Å². The maximum absolute atomic E-state index is 13.8. The van der Waals surface area contributed by atoms with Gasteiger partial charge in [-0.3, -0.25) is 19.7 Å². The molecule has 202 valence electrons. The molecule has 5 rings (SSSR count). The summed E-state index contributed by atoms with van der Waals surface area (Å²) in [6.07, 6.45) is -0.315. The fourth-order valence-electron chi connectivity index (χ4n) is 6.82. The van der Waals surface area contributed by atoms with Crippen molar-refractivity contribution < 1.29 is 29.2 Å². The van der Waals surface area contributed by atoms with E-state index in [2.05, 4.69) is 0 Å². The largest absolute Gasteiger partial charge is 0.432 e. The average Bonchev–Trinajstić information content (AvgIpc) is 3.29. The first-order valence-electron chi connectivity index (χ1n) is 12.8. The van der Waals surface area contributed by atoms with Crippen molar-refractivity contribution in [2.24, 2.45) is 5.92 Å². The zero-order valence-electron chi connectivity index (χ0n) is 22.0. The Morgan fingerprint density at radius 1 is 1.24 bits per heavy atom. The first-order valence-corrected chi connectivity index (χ1v) is 15.9. The number of hydrogen-bond donors (Lipinski definition) is 2. The van der Waals surface area contributed by atoms with E-state index >= 15 is 0 Å². The molecule has 0 unspecified atom stereocenters. The Morgan fingerprint density at radius 2 is 1.92 bits per heavy atom. The van der Waals surface area contributed by atoms with Crippen LogP contribution in [0.3, 0.4) is 0 Å². The number of carbonyl (C=O) groups is 2. The van der Waals surface area contributed by atoms with E-state index in [1.165, 1.54) is 17.0 Å². The molecule has 0 saturated carbocycles. The van der Waals surface area contributed by atoms with E-state index in [1.54, 1.807) is 31.1 Å². The molecule has 2 N–H and O–H groups in total. The van der Waals surface area contributed by atoms with E-state index < -0.39 is 36.4 Å². The molecule has 0 radical (unpaired) electrons. The number of likely N-dealkylation sites (N-methyl/N-ethyl adjacent to an activating group) is 1. The molecule has 0 aliphatic carbocycles. The number of non-ortho nitro benzene ring substituents is 1. The number of aliphatic hydroxyl groups excluding tert-OH is 1. The van der Waals surface area contributed by atoms with Crippen molar-refractivity contribution in [2.75, 3.05) is 18.6 Å². The Hall–Kier alpha value is -3.12. The average molecular weight is 540 g/mol. The molecule has 3 aliphatic rings. The highest BCUT2D eigenvalue weighted by molar-refractivity contribution is 6.71. The number of anilines is 1.